The topological polar surface area (TPSA) is 66.5 Å². The van der Waals surface area contributed by atoms with E-state index in [0.29, 0.717) is 29.3 Å². The minimum atomic E-state index is -3.56. The molecule has 8 heteroatoms. The molecule has 0 aliphatic carbocycles. The lowest BCUT2D eigenvalue weighted by atomic mass is 9.99. The van der Waals surface area contributed by atoms with E-state index >= 15 is 0 Å². The average Bonchev–Trinajstić information content (AvgIpc) is 3.04. The number of hydrogen-bond donors (Lipinski definition) is 1. The second-order valence-corrected chi connectivity index (χ2v) is 9.52. The summed E-state index contributed by atoms with van der Waals surface area (Å²) < 4.78 is 40.1. The highest BCUT2D eigenvalue weighted by molar-refractivity contribution is 7.91. The van der Waals surface area contributed by atoms with Crippen LogP contribution in [-0.4, -0.2) is 31.7 Å². The zero-order valence-electron chi connectivity index (χ0n) is 13.7. The molecule has 0 unspecified atom stereocenters. The number of carbonyl (C=O) groups is 1. The molecule has 1 atom stereocenters. The third-order valence-corrected chi connectivity index (χ3v) is 7.51. The minimum Gasteiger partial charge on any atom is -0.326 e. The van der Waals surface area contributed by atoms with Gasteiger partial charge in [0.05, 0.1) is 5.92 Å². The number of amides is 1. The fourth-order valence-electron chi connectivity index (χ4n) is 2.83. The van der Waals surface area contributed by atoms with Gasteiger partial charge < -0.3 is 5.32 Å². The standard InChI is InChI=1S/C17H19FN2O3S2/c1-12-4-9-16(24-12)25(22,23)20-10-2-3-13(11-20)17(21)19-15-7-5-14(18)6-8-15/h4-9,13H,2-3,10-11H2,1H3,(H,19,21)/t13-/m0/s1. The van der Waals surface area contributed by atoms with Gasteiger partial charge in [0.2, 0.25) is 5.91 Å². The van der Waals surface area contributed by atoms with E-state index in [4.69, 9.17) is 0 Å². The maximum atomic E-state index is 12.9. The Hall–Kier alpha value is -1.77. The number of nitrogens with one attached hydrogen (secondary N) is 1. The number of halogens is 1. The molecular weight excluding hydrogens is 363 g/mol. The molecule has 2 heterocycles. The summed E-state index contributed by atoms with van der Waals surface area (Å²) in [5.41, 5.74) is 0.500. The van der Waals surface area contributed by atoms with Crippen molar-refractivity contribution in [3.63, 3.8) is 0 Å². The van der Waals surface area contributed by atoms with E-state index in [2.05, 4.69) is 5.32 Å². The number of nitrogens with zero attached hydrogens (tertiary/aromatic N) is 1. The van der Waals surface area contributed by atoms with Crippen molar-refractivity contribution in [1.82, 2.24) is 4.31 Å². The van der Waals surface area contributed by atoms with Gasteiger partial charge in [0.15, 0.2) is 0 Å². The quantitative estimate of drug-likeness (QED) is 0.883. The molecule has 0 saturated carbocycles. The molecule has 0 bridgehead atoms. The maximum Gasteiger partial charge on any atom is 0.252 e. The lowest BCUT2D eigenvalue weighted by Gasteiger charge is -2.30. The molecular formula is C17H19FN2O3S2. The number of piperidine rings is 1. The Bertz CT molecular complexity index is 862. The van der Waals surface area contributed by atoms with Crippen LogP contribution in [0.4, 0.5) is 10.1 Å². The van der Waals surface area contributed by atoms with Crippen molar-refractivity contribution in [3.8, 4) is 0 Å². The van der Waals surface area contributed by atoms with E-state index in [0.717, 1.165) is 4.88 Å². The molecule has 1 aromatic carbocycles. The molecule has 1 aliphatic heterocycles. The van der Waals surface area contributed by atoms with Crippen molar-refractivity contribution in [3.05, 3.63) is 47.1 Å². The first kappa shape index (κ1) is 18.0. The number of anilines is 1. The monoisotopic (exact) mass is 382 g/mol. The largest absolute Gasteiger partial charge is 0.326 e. The lowest BCUT2D eigenvalue weighted by molar-refractivity contribution is -0.120. The molecule has 3 rings (SSSR count). The molecule has 1 fully saturated rings. The van der Waals surface area contributed by atoms with Crippen LogP contribution in [0.25, 0.3) is 0 Å². The molecule has 2 aromatic rings. The zero-order valence-corrected chi connectivity index (χ0v) is 15.4. The summed E-state index contributed by atoms with van der Waals surface area (Å²) in [6.45, 7) is 2.44. The van der Waals surface area contributed by atoms with Crippen LogP contribution >= 0.6 is 11.3 Å². The highest BCUT2D eigenvalue weighted by atomic mass is 32.2. The van der Waals surface area contributed by atoms with Gasteiger partial charge in [0.1, 0.15) is 10.0 Å². The van der Waals surface area contributed by atoms with Gasteiger partial charge in [0, 0.05) is 23.7 Å². The van der Waals surface area contributed by atoms with Gasteiger partial charge in [0.25, 0.3) is 10.0 Å². The zero-order chi connectivity index (χ0) is 18.0. The van der Waals surface area contributed by atoms with E-state index in [9.17, 15) is 17.6 Å². The number of thiophene rings is 1. The average molecular weight is 382 g/mol. The molecule has 1 amide bonds. The van der Waals surface area contributed by atoms with Crippen LogP contribution in [0.3, 0.4) is 0 Å². The fourth-order valence-corrected chi connectivity index (χ4v) is 5.79. The summed E-state index contributed by atoms with van der Waals surface area (Å²) in [4.78, 5) is 13.4. The second-order valence-electron chi connectivity index (χ2n) is 6.06. The minimum absolute atomic E-state index is 0.159. The number of aryl methyl sites for hydroxylation is 1. The Labute approximate surface area is 150 Å². The van der Waals surface area contributed by atoms with Crippen LogP contribution in [0.2, 0.25) is 0 Å². The van der Waals surface area contributed by atoms with Gasteiger partial charge in [-0.05, 0) is 56.2 Å². The van der Waals surface area contributed by atoms with Crippen LogP contribution in [0, 0.1) is 18.7 Å². The van der Waals surface area contributed by atoms with E-state index in [1.165, 1.54) is 39.9 Å². The van der Waals surface area contributed by atoms with Gasteiger partial charge >= 0.3 is 0 Å². The van der Waals surface area contributed by atoms with E-state index in [1.54, 1.807) is 12.1 Å². The van der Waals surface area contributed by atoms with Crippen molar-refractivity contribution in [1.29, 1.82) is 0 Å². The fraction of sp³-hybridized carbons (Fsp3) is 0.353. The van der Waals surface area contributed by atoms with Crippen LogP contribution < -0.4 is 5.32 Å². The van der Waals surface area contributed by atoms with E-state index in [1.807, 2.05) is 6.92 Å². The van der Waals surface area contributed by atoms with Crippen LogP contribution in [-0.2, 0) is 14.8 Å². The van der Waals surface area contributed by atoms with E-state index in [-0.39, 0.29) is 18.3 Å². The first-order valence-corrected chi connectivity index (χ1v) is 10.2. The number of benzene rings is 1. The summed E-state index contributed by atoms with van der Waals surface area (Å²) in [5.74, 6) is -1.04. The Balaban J connectivity index is 1.70. The predicted octanol–water partition coefficient (Wildman–Crippen LogP) is 3.24. The van der Waals surface area contributed by atoms with Crippen LogP contribution in [0.1, 0.15) is 17.7 Å². The van der Waals surface area contributed by atoms with E-state index < -0.39 is 15.9 Å². The number of sulfonamides is 1. The van der Waals surface area contributed by atoms with Crippen molar-refractivity contribution < 1.29 is 17.6 Å². The SMILES string of the molecule is Cc1ccc(S(=O)(=O)N2CCC[C@H](C(=O)Nc3ccc(F)cc3)C2)s1. The molecule has 1 aliphatic rings. The Morgan fingerprint density at radius 3 is 2.60 bits per heavy atom. The second kappa shape index (κ2) is 7.23. The number of carbonyl (C=O) groups excluding carboxylic acids is 1. The molecule has 1 N–H and O–H groups in total. The number of hydrogen-bond acceptors (Lipinski definition) is 4. The van der Waals surface area contributed by atoms with Gasteiger partial charge in [-0.1, -0.05) is 0 Å². The predicted molar refractivity (Wildman–Crippen MR) is 95.6 cm³/mol. The molecule has 134 valence electrons. The Kier molecular flexibility index (Phi) is 5.21. The van der Waals surface area contributed by atoms with Gasteiger partial charge in [-0.3, -0.25) is 4.79 Å². The smallest absolute Gasteiger partial charge is 0.252 e. The summed E-state index contributed by atoms with van der Waals surface area (Å²) in [6.07, 6.45) is 1.26. The third-order valence-electron chi connectivity index (χ3n) is 4.18. The van der Waals surface area contributed by atoms with Crippen molar-refractivity contribution in [2.75, 3.05) is 18.4 Å². The summed E-state index contributed by atoms with van der Waals surface area (Å²) >= 11 is 1.24. The molecule has 0 spiro atoms. The number of rotatable bonds is 4. The highest BCUT2D eigenvalue weighted by Crippen LogP contribution is 2.28. The summed E-state index contributed by atoms with van der Waals surface area (Å²) in [6, 6.07) is 8.90. The summed E-state index contributed by atoms with van der Waals surface area (Å²) in [7, 11) is -3.56. The normalized spacial score (nSPS) is 18.9. The molecule has 1 saturated heterocycles. The van der Waals surface area contributed by atoms with Gasteiger partial charge in [-0.15, -0.1) is 11.3 Å². The molecule has 0 radical (unpaired) electrons. The van der Waals surface area contributed by atoms with Crippen molar-refractivity contribution in [2.45, 2.75) is 24.0 Å². The van der Waals surface area contributed by atoms with Gasteiger partial charge in [-0.25, -0.2) is 12.8 Å². The molecule has 25 heavy (non-hydrogen) atoms. The maximum absolute atomic E-state index is 12.9. The Morgan fingerprint density at radius 1 is 1.24 bits per heavy atom. The lowest BCUT2D eigenvalue weighted by Crippen LogP contribution is -2.43. The first-order chi connectivity index (χ1) is 11.9. The highest BCUT2D eigenvalue weighted by Gasteiger charge is 2.34. The molecule has 5 nitrogen and oxygen atoms in total. The van der Waals surface area contributed by atoms with Crippen LogP contribution in [0.15, 0.2) is 40.6 Å². The summed E-state index contributed by atoms with van der Waals surface area (Å²) in [5, 5.41) is 2.73. The van der Waals surface area contributed by atoms with Gasteiger partial charge in [-0.2, -0.15) is 4.31 Å². The van der Waals surface area contributed by atoms with Crippen molar-refractivity contribution in [2.24, 2.45) is 5.92 Å². The molecule has 1 aromatic heterocycles. The first-order valence-electron chi connectivity index (χ1n) is 7.99. The van der Waals surface area contributed by atoms with Crippen LogP contribution in [0.5, 0.6) is 0 Å². The van der Waals surface area contributed by atoms with Crippen molar-refractivity contribution >= 4 is 33.0 Å². The third kappa shape index (κ3) is 4.08. The Morgan fingerprint density at radius 2 is 1.96 bits per heavy atom.